The van der Waals surface area contributed by atoms with Crippen molar-refractivity contribution in [2.45, 2.75) is 12.8 Å². The molecule has 0 amide bonds. The highest BCUT2D eigenvalue weighted by atomic mass is 16.5. The number of methoxy groups -OCH3 is 1. The SMILES string of the molecule is COc1ccc(NN2CCCC2)cc1. The molecule has 14 heavy (non-hydrogen) atoms. The number of ether oxygens (including phenoxy) is 1. The van der Waals surface area contributed by atoms with Gasteiger partial charge in [0, 0.05) is 18.8 Å². The van der Waals surface area contributed by atoms with Crippen molar-refractivity contribution in [1.82, 2.24) is 5.01 Å². The van der Waals surface area contributed by atoms with Crippen molar-refractivity contribution < 1.29 is 4.74 Å². The lowest BCUT2D eigenvalue weighted by Crippen LogP contribution is -2.25. The number of hydrogen-bond acceptors (Lipinski definition) is 3. The Bertz CT molecular complexity index is 278. The van der Waals surface area contributed by atoms with Crippen LogP contribution in [-0.4, -0.2) is 25.2 Å². The van der Waals surface area contributed by atoms with Gasteiger partial charge in [0.1, 0.15) is 5.75 Å². The molecule has 0 saturated carbocycles. The Morgan fingerprint density at radius 3 is 2.36 bits per heavy atom. The van der Waals surface area contributed by atoms with E-state index in [1.807, 2.05) is 24.3 Å². The van der Waals surface area contributed by atoms with Gasteiger partial charge in [0.05, 0.1) is 7.11 Å². The Morgan fingerprint density at radius 2 is 1.79 bits per heavy atom. The molecule has 2 rings (SSSR count). The minimum absolute atomic E-state index is 0.900. The summed E-state index contributed by atoms with van der Waals surface area (Å²) in [5.74, 6) is 0.900. The molecule has 0 unspecified atom stereocenters. The number of rotatable bonds is 3. The molecule has 0 aromatic heterocycles. The predicted octanol–water partition coefficient (Wildman–Crippen LogP) is 2.12. The van der Waals surface area contributed by atoms with Gasteiger partial charge in [0.25, 0.3) is 0 Å². The Morgan fingerprint density at radius 1 is 1.14 bits per heavy atom. The summed E-state index contributed by atoms with van der Waals surface area (Å²) in [7, 11) is 1.68. The molecule has 1 fully saturated rings. The zero-order chi connectivity index (χ0) is 9.80. The molecular formula is C11H16N2O. The molecule has 1 aliphatic rings. The van der Waals surface area contributed by atoms with Gasteiger partial charge < -0.3 is 10.2 Å². The monoisotopic (exact) mass is 192 g/mol. The van der Waals surface area contributed by atoms with Crippen LogP contribution >= 0.6 is 0 Å². The van der Waals surface area contributed by atoms with Gasteiger partial charge in [-0.05, 0) is 37.1 Å². The maximum atomic E-state index is 5.10. The second-order valence-electron chi connectivity index (χ2n) is 3.53. The summed E-state index contributed by atoms with van der Waals surface area (Å²) in [6.45, 7) is 2.29. The number of hydrazine groups is 1. The van der Waals surface area contributed by atoms with Gasteiger partial charge in [-0.3, -0.25) is 0 Å². The molecule has 0 bridgehead atoms. The second kappa shape index (κ2) is 4.33. The molecule has 3 heteroatoms. The molecule has 1 N–H and O–H groups in total. The number of hydrogen-bond donors (Lipinski definition) is 1. The van der Waals surface area contributed by atoms with Crippen molar-refractivity contribution in [3.05, 3.63) is 24.3 Å². The fourth-order valence-corrected chi connectivity index (χ4v) is 1.68. The summed E-state index contributed by atoms with van der Waals surface area (Å²) < 4.78 is 5.10. The van der Waals surface area contributed by atoms with Crippen LogP contribution in [-0.2, 0) is 0 Å². The van der Waals surface area contributed by atoms with E-state index in [-0.39, 0.29) is 0 Å². The van der Waals surface area contributed by atoms with Gasteiger partial charge in [-0.25, -0.2) is 5.01 Å². The molecule has 0 radical (unpaired) electrons. The van der Waals surface area contributed by atoms with Crippen LogP contribution in [0.1, 0.15) is 12.8 Å². The van der Waals surface area contributed by atoms with Crippen LogP contribution in [0.4, 0.5) is 5.69 Å². The second-order valence-corrected chi connectivity index (χ2v) is 3.53. The highest BCUT2D eigenvalue weighted by Crippen LogP contribution is 2.17. The topological polar surface area (TPSA) is 24.5 Å². The highest BCUT2D eigenvalue weighted by molar-refractivity contribution is 5.45. The van der Waals surface area contributed by atoms with E-state index >= 15 is 0 Å². The first-order chi connectivity index (χ1) is 6.88. The van der Waals surface area contributed by atoms with E-state index in [1.165, 1.54) is 12.8 Å². The van der Waals surface area contributed by atoms with Crippen LogP contribution in [0.15, 0.2) is 24.3 Å². The lowest BCUT2D eigenvalue weighted by Gasteiger charge is -2.17. The van der Waals surface area contributed by atoms with Crippen LogP contribution in [0.25, 0.3) is 0 Å². The maximum Gasteiger partial charge on any atom is 0.119 e. The number of anilines is 1. The van der Waals surface area contributed by atoms with E-state index < -0.39 is 0 Å². The molecule has 0 spiro atoms. The van der Waals surface area contributed by atoms with Crippen molar-refractivity contribution in [2.75, 3.05) is 25.6 Å². The average molecular weight is 192 g/mol. The molecule has 76 valence electrons. The fraction of sp³-hybridized carbons (Fsp3) is 0.455. The lowest BCUT2D eigenvalue weighted by molar-refractivity contribution is 0.408. The van der Waals surface area contributed by atoms with Crippen molar-refractivity contribution in [3.8, 4) is 5.75 Å². The van der Waals surface area contributed by atoms with Crippen molar-refractivity contribution in [2.24, 2.45) is 0 Å². The van der Waals surface area contributed by atoms with Crippen LogP contribution in [0.5, 0.6) is 5.75 Å². The zero-order valence-corrected chi connectivity index (χ0v) is 8.49. The fourth-order valence-electron chi connectivity index (χ4n) is 1.68. The molecular weight excluding hydrogens is 176 g/mol. The van der Waals surface area contributed by atoms with Crippen LogP contribution < -0.4 is 10.2 Å². The van der Waals surface area contributed by atoms with Gasteiger partial charge in [0.15, 0.2) is 0 Å². The Hall–Kier alpha value is -1.22. The van der Waals surface area contributed by atoms with Crippen LogP contribution in [0, 0.1) is 0 Å². The van der Waals surface area contributed by atoms with Gasteiger partial charge in [-0.1, -0.05) is 0 Å². The number of nitrogens with zero attached hydrogens (tertiary/aromatic N) is 1. The third kappa shape index (κ3) is 2.17. The predicted molar refractivity (Wildman–Crippen MR) is 57.4 cm³/mol. The Balaban J connectivity index is 1.95. The molecule has 1 aromatic carbocycles. The zero-order valence-electron chi connectivity index (χ0n) is 8.49. The van der Waals surface area contributed by atoms with E-state index in [0.29, 0.717) is 0 Å². The van der Waals surface area contributed by atoms with E-state index in [0.717, 1.165) is 24.5 Å². The smallest absolute Gasteiger partial charge is 0.119 e. The van der Waals surface area contributed by atoms with Gasteiger partial charge >= 0.3 is 0 Å². The average Bonchev–Trinajstić information content (AvgIpc) is 2.72. The third-order valence-electron chi connectivity index (χ3n) is 2.48. The van der Waals surface area contributed by atoms with E-state index in [1.54, 1.807) is 7.11 Å². The van der Waals surface area contributed by atoms with Crippen molar-refractivity contribution >= 4 is 5.69 Å². The normalized spacial score (nSPS) is 16.9. The van der Waals surface area contributed by atoms with Gasteiger partial charge in [-0.2, -0.15) is 0 Å². The molecule has 1 aliphatic heterocycles. The molecule has 1 saturated heterocycles. The molecule has 0 aliphatic carbocycles. The summed E-state index contributed by atoms with van der Waals surface area (Å²) in [4.78, 5) is 0. The minimum atomic E-state index is 0.900. The quantitative estimate of drug-likeness (QED) is 0.794. The largest absolute Gasteiger partial charge is 0.497 e. The molecule has 0 atom stereocenters. The summed E-state index contributed by atoms with van der Waals surface area (Å²) in [5, 5.41) is 2.25. The van der Waals surface area contributed by atoms with E-state index in [9.17, 15) is 0 Å². The van der Waals surface area contributed by atoms with Crippen LogP contribution in [0.2, 0.25) is 0 Å². The first kappa shape index (κ1) is 9.34. The lowest BCUT2D eigenvalue weighted by atomic mass is 10.3. The van der Waals surface area contributed by atoms with Crippen LogP contribution in [0.3, 0.4) is 0 Å². The summed E-state index contributed by atoms with van der Waals surface area (Å²) in [6.07, 6.45) is 2.59. The molecule has 3 nitrogen and oxygen atoms in total. The third-order valence-corrected chi connectivity index (χ3v) is 2.48. The first-order valence-corrected chi connectivity index (χ1v) is 5.04. The highest BCUT2D eigenvalue weighted by Gasteiger charge is 2.10. The van der Waals surface area contributed by atoms with E-state index in [4.69, 9.17) is 4.74 Å². The Kier molecular flexibility index (Phi) is 2.89. The Labute approximate surface area is 84.6 Å². The van der Waals surface area contributed by atoms with Crippen molar-refractivity contribution in [1.29, 1.82) is 0 Å². The van der Waals surface area contributed by atoms with E-state index in [2.05, 4.69) is 10.4 Å². The standard InChI is InChI=1S/C11H16N2O/c1-14-11-6-4-10(5-7-11)12-13-8-2-3-9-13/h4-7,12H,2-3,8-9H2,1H3. The maximum absolute atomic E-state index is 5.10. The number of nitrogens with one attached hydrogen (secondary N) is 1. The number of benzene rings is 1. The summed E-state index contributed by atoms with van der Waals surface area (Å²) in [5.41, 5.74) is 4.50. The summed E-state index contributed by atoms with van der Waals surface area (Å²) >= 11 is 0. The first-order valence-electron chi connectivity index (χ1n) is 5.04. The van der Waals surface area contributed by atoms with Gasteiger partial charge in [0.2, 0.25) is 0 Å². The molecule has 1 heterocycles. The van der Waals surface area contributed by atoms with Gasteiger partial charge in [-0.15, -0.1) is 0 Å². The van der Waals surface area contributed by atoms with Crippen molar-refractivity contribution in [3.63, 3.8) is 0 Å². The minimum Gasteiger partial charge on any atom is -0.497 e. The summed E-state index contributed by atoms with van der Waals surface area (Å²) in [6, 6.07) is 8.02. The molecule has 1 aromatic rings.